The van der Waals surface area contributed by atoms with Crippen LogP contribution in [0.25, 0.3) is 28.0 Å². The number of thioether (sulfide) groups is 1. The summed E-state index contributed by atoms with van der Waals surface area (Å²) >= 11 is 1.60. The average molecular weight is 538 g/mol. The van der Waals surface area contributed by atoms with E-state index in [0.717, 1.165) is 64.3 Å². The van der Waals surface area contributed by atoms with Gasteiger partial charge >= 0.3 is 0 Å². The molecule has 1 aromatic carbocycles. The number of carbonyl (C=O) groups is 1. The molecule has 0 saturated carbocycles. The molecule has 7 rings (SSSR count). The standard InChI is InChI=1S/C28H27N9OS/c1-39-24-23(18-11-19-8-9-20(12-18)36(19)28(38)26-31-15-32-35-26)34-27-21(14-33-37(27)25(24)29)17-7-10-22(30-13-17)16-5-3-2-4-6-16/h2-7,10,13-15,18-20H,8-9,11-12,29H2,1H3,(H,31,32,35)/t18?,19-,20+. The summed E-state index contributed by atoms with van der Waals surface area (Å²) in [7, 11) is 0. The first kappa shape index (κ1) is 23.8. The third kappa shape index (κ3) is 3.95. The van der Waals surface area contributed by atoms with Crippen molar-refractivity contribution in [3.05, 3.63) is 72.7 Å². The van der Waals surface area contributed by atoms with E-state index in [1.807, 2.05) is 59.9 Å². The lowest BCUT2D eigenvalue weighted by Gasteiger charge is -2.38. The molecule has 2 aliphatic rings. The van der Waals surface area contributed by atoms with Crippen LogP contribution in [-0.2, 0) is 0 Å². The summed E-state index contributed by atoms with van der Waals surface area (Å²) in [4.78, 5) is 30.1. The maximum atomic E-state index is 13.1. The number of pyridine rings is 1. The molecular weight excluding hydrogens is 510 g/mol. The number of amides is 1. The van der Waals surface area contributed by atoms with E-state index < -0.39 is 0 Å². The first-order valence-corrected chi connectivity index (χ1v) is 14.3. The van der Waals surface area contributed by atoms with Crippen molar-refractivity contribution < 1.29 is 4.79 Å². The van der Waals surface area contributed by atoms with Crippen LogP contribution >= 0.6 is 11.8 Å². The summed E-state index contributed by atoms with van der Waals surface area (Å²) in [6.07, 6.45) is 10.7. The predicted octanol–water partition coefficient (Wildman–Crippen LogP) is 4.43. The summed E-state index contributed by atoms with van der Waals surface area (Å²) in [6.45, 7) is 0. The molecule has 2 bridgehead atoms. The number of nitrogens with zero attached hydrogens (tertiary/aromatic N) is 7. The Morgan fingerprint density at radius 1 is 1.03 bits per heavy atom. The maximum Gasteiger partial charge on any atom is 0.291 e. The molecule has 0 aliphatic carbocycles. The summed E-state index contributed by atoms with van der Waals surface area (Å²) in [5.74, 6) is 1.01. The van der Waals surface area contributed by atoms with Gasteiger partial charge in [0.2, 0.25) is 5.82 Å². The van der Waals surface area contributed by atoms with Crippen molar-refractivity contribution >= 4 is 29.1 Å². The predicted molar refractivity (Wildman–Crippen MR) is 149 cm³/mol. The number of nitrogens with one attached hydrogen (secondary N) is 1. The van der Waals surface area contributed by atoms with Crippen LogP contribution < -0.4 is 5.73 Å². The highest BCUT2D eigenvalue weighted by atomic mass is 32.2. The Morgan fingerprint density at radius 2 is 1.82 bits per heavy atom. The zero-order valence-corrected chi connectivity index (χ0v) is 22.2. The van der Waals surface area contributed by atoms with Crippen LogP contribution in [0.4, 0.5) is 5.82 Å². The van der Waals surface area contributed by atoms with Crippen LogP contribution in [0.2, 0.25) is 0 Å². The van der Waals surface area contributed by atoms with Gasteiger partial charge in [-0.3, -0.25) is 14.9 Å². The number of nitrogen functional groups attached to an aromatic ring is 1. The van der Waals surface area contributed by atoms with E-state index in [2.05, 4.69) is 26.3 Å². The molecule has 0 radical (unpaired) electrons. The molecule has 196 valence electrons. The summed E-state index contributed by atoms with van der Waals surface area (Å²) in [5, 5.41) is 11.2. The highest BCUT2D eigenvalue weighted by Gasteiger charge is 2.45. The minimum absolute atomic E-state index is 0.0732. The lowest BCUT2D eigenvalue weighted by atomic mass is 9.87. The molecule has 2 saturated heterocycles. The molecule has 2 aliphatic heterocycles. The fourth-order valence-corrected chi connectivity index (χ4v) is 6.92. The van der Waals surface area contributed by atoms with Gasteiger partial charge in [-0.25, -0.2) is 9.97 Å². The number of anilines is 1. The molecule has 1 unspecified atom stereocenters. The molecule has 10 nitrogen and oxygen atoms in total. The number of carbonyl (C=O) groups excluding carboxylic acids is 1. The molecule has 0 spiro atoms. The van der Waals surface area contributed by atoms with Gasteiger partial charge in [-0.1, -0.05) is 36.4 Å². The summed E-state index contributed by atoms with van der Waals surface area (Å²) < 4.78 is 1.73. The van der Waals surface area contributed by atoms with Crippen LogP contribution in [0.5, 0.6) is 0 Å². The van der Waals surface area contributed by atoms with Crippen LogP contribution in [-0.4, -0.2) is 63.9 Å². The summed E-state index contributed by atoms with van der Waals surface area (Å²) in [6, 6.07) is 14.5. The average Bonchev–Trinajstić information content (AvgIpc) is 3.72. The second kappa shape index (κ2) is 9.49. The van der Waals surface area contributed by atoms with E-state index in [-0.39, 0.29) is 23.9 Å². The van der Waals surface area contributed by atoms with Gasteiger partial charge in [0, 0.05) is 40.9 Å². The Balaban J connectivity index is 1.24. The number of piperidine rings is 1. The quantitative estimate of drug-likeness (QED) is 0.315. The largest absolute Gasteiger partial charge is 0.383 e. The van der Waals surface area contributed by atoms with Crippen molar-refractivity contribution in [2.45, 2.75) is 48.6 Å². The SMILES string of the molecule is CSc1c(C2C[C@H]3CC[C@@H](C2)N3C(=O)c2ncn[nH]2)nc2c(-c3ccc(-c4ccccc4)nc3)cnn2c1N. The monoisotopic (exact) mass is 537 g/mol. The third-order valence-corrected chi connectivity index (χ3v) is 8.81. The molecule has 4 aromatic heterocycles. The molecule has 3 atom stereocenters. The molecule has 1 amide bonds. The van der Waals surface area contributed by atoms with E-state index >= 15 is 0 Å². The number of fused-ring (bicyclic) bond motifs is 3. The first-order valence-electron chi connectivity index (χ1n) is 13.0. The van der Waals surface area contributed by atoms with Crippen LogP contribution in [0, 0.1) is 0 Å². The number of rotatable bonds is 5. The van der Waals surface area contributed by atoms with E-state index in [9.17, 15) is 4.79 Å². The second-order valence-corrected chi connectivity index (χ2v) is 10.9. The van der Waals surface area contributed by atoms with Crippen molar-refractivity contribution in [3.8, 4) is 22.4 Å². The Kier molecular flexibility index (Phi) is 5.80. The number of aromatic amines is 1. The van der Waals surface area contributed by atoms with E-state index in [4.69, 9.17) is 15.7 Å². The van der Waals surface area contributed by atoms with Crippen molar-refractivity contribution in [2.24, 2.45) is 0 Å². The second-order valence-electron chi connectivity index (χ2n) is 10.1. The van der Waals surface area contributed by atoms with Gasteiger partial charge in [0.15, 0.2) is 5.65 Å². The van der Waals surface area contributed by atoms with Gasteiger partial charge in [-0.15, -0.1) is 11.8 Å². The lowest BCUT2D eigenvalue weighted by Crippen LogP contribution is -2.46. The zero-order chi connectivity index (χ0) is 26.5. The number of hydrogen-bond donors (Lipinski definition) is 2. The Bertz CT molecular complexity index is 1640. The number of aromatic nitrogens is 7. The van der Waals surface area contributed by atoms with Crippen LogP contribution in [0.15, 0.2) is 66.1 Å². The molecule has 6 heterocycles. The highest BCUT2D eigenvalue weighted by molar-refractivity contribution is 7.98. The van der Waals surface area contributed by atoms with E-state index in [0.29, 0.717) is 11.6 Å². The Hall–Kier alpha value is -4.25. The molecule has 5 aromatic rings. The first-order chi connectivity index (χ1) is 19.1. The number of benzene rings is 1. The topological polar surface area (TPSA) is 131 Å². The van der Waals surface area contributed by atoms with E-state index in [1.165, 1.54) is 6.33 Å². The number of H-pyrrole nitrogens is 1. The lowest BCUT2D eigenvalue weighted by molar-refractivity contribution is 0.0556. The van der Waals surface area contributed by atoms with Crippen molar-refractivity contribution in [1.29, 1.82) is 0 Å². The third-order valence-electron chi connectivity index (χ3n) is 7.98. The van der Waals surface area contributed by atoms with E-state index in [1.54, 1.807) is 16.3 Å². The van der Waals surface area contributed by atoms with Gasteiger partial charge < -0.3 is 10.6 Å². The van der Waals surface area contributed by atoms with Gasteiger partial charge in [0.1, 0.15) is 12.1 Å². The smallest absolute Gasteiger partial charge is 0.291 e. The Morgan fingerprint density at radius 3 is 2.49 bits per heavy atom. The fourth-order valence-electron chi connectivity index (χ4n) is 6.20. The van der Waals surface area contributed by atoms with Crippen LogP contribution in [0.1, 0.15) is 47.9 Å². The zero-order valence-electron chi connectivity index (χ0n) is 21.4. The Labute approximate surface area is 229 Å². The number of hydrogen-bond acceptors (Lipinski definition) is 8. The fraction of sp³-hybridized carbons (Fsp3) is 0.286. The minimum atomic E-state index is -0.0732. The maximum absolute atomic E-state index is 13.1. The molecule has 11 heteroatoms. The van der Waals surface area contributed by atoms with Crippen molar-refractivity contribution in [3.63, 3.8) is 0 Å². The van der Waals surface area contributed by atoms with Gasteiger partial charge in [0.25, 0.3) is 5.91 Å². The van der Waals surface area contributed by atoms with Gasteiger partial charge in [-0.05, 0) is 38.0 Å². The molecule has 3 N–H and O–H groups in total. The number of nitrogens with two attached hydrogens (primary N) is 1. The molecular formula is C28H27N9OS. The minimum Gasteiger partial charge on any atom is -0.383 e. The van der Waals surface area contributed by atoms with Gasteiger partial charge in [-0.2, -0.15) is 14.7 Å². The summed E-state index contributed by atoms with van der Waals surface area (Å²) in [5.41, 5.74) is 12.2. The molecule has 39 heavy (non-hydrogen) atoms. The van der Waals surface area contributed by atoms with Crippen molar-refractivity contribution in [1.82, 2.24) is 39.7 Å². The van der Waals surface area contributed by atoms with Gasteiger partial charge in [0.05, 0.1) is 22.5 Å². The van der Waals surface area contributed by atoms with Crippen LogP contribution in [0.3, 0.4) is 0 Å². The molecule has 2 fully saturated rings. The normalized spacial score (nSPS) is 20.5. The highest BCUT2D eigenvalue weighted by Crippen LogP contribution is 2.46. The van der Waals surface area contributed by atoms with Crippen molar-refractivity contribution in [2.75, 3.05) is 12.0 Å².